The molecule has 0 saturated carbocycles. The molecule has 54 valence electrons. The van der Waals surface area contributed by atoms with Gasteiger partial charge in [0.15, 0.2) is 0 Å². The van der Waals surface area contributed by atoms with Crippen LogP contribution < -0.4 is 0 Å². The molecular weight excluding hydrogens is 138 g/mol. The maximum Gasteiger partial charge on any atom is 0.132 e. The number of hydrogen-bond acceptors (Lipinski definition) is 2. The molecule has 2 heteroatoms. The van der Waals surface area contributed by atoms with Crippen LogP contribution in [0, 0.1) is 0 Å². The summed E-state index contributed by atoms with van der Waals surface area (Å²) in [6.45, 7) is 0. The van der Waals surface area contributed by atoms with E-state index in [1.54, 1.807) is 6.21 Å². The van der Waals surface area contributed by atoms with E-state index in [9.17, 15) is 4.79 Å². The van der Waals surface area contributed by atoms with Crippen LogP contribution >= 0.6 is 0 Å². The molecular formula is C9H7NO. The third-order valence-electron chi connectivity index (χ3n) is 1.82. The van der Waals surface area contributed by atoms with Crippen molar-refractivity contribution in [2.75, 3.05) is 0 Å². The molecule has 1 aromatic carbocycles. The summed E-state index contributed by atoms with van der Waals surface area (Å²) in [5, 5.41) is 0. The standard InChI is InChI=1S/C9H7NO/c11-6-7-5-10-9-4-2-1-3-8(7)9/h1-7H/t7-/m1/s1. The maximum absolute atomic E-state index is 10.5. The highest BCUT2D eigenvalue weighted by Crippen LogP contribution is 2.29. The number of rotatable bonds is 1. The molecule has 0 saturated heterocycles. The molecule has 1 aliphatic rings. The Bertz CT molecular complexity index is 317. The Morgan fingerprint density at radius 1 is 1.36 bits per heavy atom. The van der Waals surface area contributed by atoms with E-state index in [2.05, 4.69) is 4.99 Å². The second kappa shape index (κ2) is 2.31. The quantitative estimate of drug-likeness (QED) is 0.553. The Kier molecular flexibility index (Phi) is 1.32. The lowest BCUT2D eigenvalue weighted by atomic mass is 10.0. The molecule has 2 nitrogen and oxygen atoms in total. The minimum Gasteiger partial charge on any atom is -0.302 e. The number of carbonyl (C=O) groups excluding carboxylic acids is 1. The average Bonchev–Trinajstić information content (AvgIpc) is 2.47. The molecule has 0 fully saturated rings. The van der Waals surface area contributed by atoms with E-state index in [0.717, 1.165) is 17.5 Å². The first kappa shape index (κ1) is 6.28. The fourth-order valence-corrected chi connectivity index (χ4v) is 1.24. The number of aldehydes is 1. The van der Waals surface area contributed by atoms with Crippen molar-refractivity contribution >= 4 is 18.2 Å². The van der Waals surface area contributed by atoms with E-state index in [4.69, 9.17) is 0 Å². The fraction of sp³-hybridized carbons (Fsp3) is 0.111. The van der Waals surface area contributed by atoms with Crippen LogP contribution in [0.25, 0.3) is 0 Å². The molecule has 0 bridgehead atoms. The van der Waals surface area contributed by atoms with E-state index in [1.165, 1.54) is 0 Å². The maximum atomic E-state index is 10.5. The van der Waals surface area contributed by atoms with E-state index in [1.807, 2.05) is 24.3 Å². The summed E-state index contributed by atoms with van der Waals surface area (Å²) in [4.78, 5) is 14.6. The van der Waals surface area contributed by atoms with Crippen LogP contribution in [0.4, 0.5) is 5.69 Å². The molecule has 0 unspecified atom stereocenters. The van der Waals surface area contributed by atoms with Crippen LogP contribution in [-0.2, 0) is 4.79 Å². The van der Waals surface area contributed by atoms with Crippen LogP contribution in [0.1, 0.15) is 11.5 Å². The first-order valence-electron chi connectivity index (χ1n) is 3.50. The zero-order valence-electron chi connectivity index (χ0n) is 5.90. The zero-order chi connectivity index (χ0) is 7.68. The van der Waals surface area contributed by atoms with Gasteiger partial charge in [0.2, 0.25) is 0 Å². The van der Waals surface area contributed by atoms with Gasteiger partial charge in [0.1, 0.15) is 6.29 Å². The predicted octanol–water partition coefficient (Wildman–Crippen LogP) is 1.68. The van der Waals surface area contributed by atoms with Gasteiger partial charge < -0.3 is 4.79 Å². The van der Waals surface area contributed by atoms with Gasteiger partial charge in [-0.25, -0.2) is 0 Å². The Hall–Kier alpha value is -1.44. The normalized spacial score (nSPS) is 19.8. The van der Waals surface area contributed by atoms with E-state index < -0.39 is 0 Å². The Morgan fingerprint density at radius 3 is 3.00 bits per heavy atom. The van der Waals surface area contributed by atoms with Gasteiger partial charge >= 0.3 is 0 Å². The van der Waals surface area contributed by atoms with Crippen molar-refractivity contribution in [2.24, 2.45) is 4.99 Å². The molecule has 0 radical (unpaired) electrons. The molecule has 1 atom stereocenters. The van der Waals surface area contributed by atoms with E-state index in [0.29, 0.717) is 0 Å². The van der Waals surface area contributed by atoms with Gasteiger partial charge in [-0.2, -0.15) is 0 Å². The van der Waals surface area contributed by atoms with Gasteiger partial charge in [0, 0.05) is 6.21 Å². The lowest BCUT2D eigenvalue weighted by molar-refractivity contribution is -0.107. The SMILES string of the molecule is O=C[C@H]1C=Nc2ccccc21. The smallest absolute Gasteiger partial charge is 0.132 e. The van der Waals surface area contributed by atoms with Gasteiger partial charge in [0.05, 0.1) is 11.6 Å². The van der Waals surface area contributed by atoms with Crippen LogP contribution in [0.3, 0.4) is 0 Å². The molecule has 1 heterocycles. The van der Waals surface area contributed by atoms with Crippen molar-refractivity contribution in [1.29, 1.82) is 0 Å². The summed E-state index contributed by atoms with van der Waals surface area (Å²) >= 11 is 0. The summed E-state index contributed by atoms with van der Waals surface area (Å²) in [6, 6.07) is 7.68. The Morgan fingerprint density at radius 2 is 2.18 bits per heavy atom. The predicted molar refractivity (Wildman–Crippen MR) is 43.4 cm³/mol. The molecule has 0 spiro atoms. The minimum absolute atomic E-state index is 0.119. The molecule has 0 aliphatic carbocycles. The number of hydrogen-bond donors (Lipinski definition) is 0. The van der Waals surface area contributed by atoms with Crippen LogP contribution in [0.2, 0.25) is 0 Å². The molecule has 0 N–H and O–H groups in total. The summed E-state index contributed by atoms with van der Waals surface area (Å²) in [5.74, 6) is -0.119. The highest BCUT2D eigenvalue weighted by Gasteiger charge is 2.16. The monoisotopic (exact) mass is 145 g/mol. The first-order valence-corrected chi connectivity index (χ1v) is 3.50. The average molecular weight is 145 g/mol. The van der Waals surface area contributed by atoms with Crippen molar-refractivity contribution < 1.29 is 4.79 Å². The van der Waals surface area contributed by atoms with Gasteiger partial charge in [-0.05, 0) is 11.6 Å². The summed E-state index contributed by atoms with van der Waals surface area (Å²) in [5.41, 5.74) is 1.94. The molecule has 0 amide bonds. The van der Waals surface area contributed by atoms with Gasteiger partial charge in [0.25, 0.3) is 0 Å². The largest absolute Gasteiger partial charge is 0.302 e. The molecule has 1 aliphatic heterocycles. The second-order valence-corrected chi connectivity index (χ2v) is 2.50. The summed E-state index contributed by atoms with van der Waals surface area (Å²) < 4.78 is 0. The van der Waals surface area contributed by atoms with Crippen LogP contribution in [-0.4, -0.2) is 12.5 Å². The summed E-state index contributed by atoms with van der Waals surface area (Å²) in [7, 11) is 0. The third-order valence-corrected chi connectivity index (χ3v) is 1.82. The van der Waals surface area contributed by atoms with Crippen LogP contribution in [0.5, 0.6) is 0 Å². The molecule has 1 aromatic rings. The number of carbonyl (C=O) groups is 1. The van der Waals surface area contributed by atoms with Crippen molar-refractivity contribution in [1.82, 2.24) is 0 Å². The summed E-state index contributed by atoms with van der Waals surface area (Å²) in [6.07, 6.45) is 2.59. The fourth-order valence-electron chi connectivity index (χ4n) is 1.24. The van der Waals surface area contributed by atoms with Gasteiger partial charge in [-0.1, -0.05) is 18.2 Å². The van der Waals surface area contributed by atoms with Crippen molar-refractivity contribution in [3.05, 3.63) is 29.8 Å². The minimum atomic E-state index is -0.119. The Labute approximate surface area is 64.6 Å². The van der Waals surface area contributed by atoms with Crippen LogP contribution in [0.15, 0.2) is 29.3 Å². The number of nitrogens with zero attached hydrogens (tertiary/aromatic N) is 1. The first-order chi connectivity index (χ1) is 5.42. The number of fused-ring (bicyclic) bond motifs is 1. The van der Waals surface area contributed by atoms with Crippen molar-refractivity contribution in [3.8, 4) is 0 Å². The van der Waals surface area contributed by atoms with Gasteiger partial charge in [-0.15, -0.1) is 0 Å². The van der Waals surface area contributed by atoms with Gasteiger partial charge in [-0.3, -0.25) is 4.99 Å². The van der Waals surface area contributed by atoms with E-state index >= 15 is 0 Å². The number of aliphatic imine (C=N–C) groups is 1. The third kappa shape index (κ3) is 0.871. The van der Waals surface area contributed by atoms with Crippen molar-refractivity contribution in [3.63, 3.8) is 0 Å². The van der Waals surface area contributed by atoms with Crippen molar-refractivity contribution in [2.45, 2.75) is 5.92 Å². The molecule has 2 rings (SSSR count). The second-order valence-electron chi connectivity index (χ2n) is 2.50. The molecule has 0 aromatic heterocycles. The highest BCUT2D eigenvalue weighted by atomic mass is 16.1. The number of para-hydroxylation sites is 1. The highest BCUT2D eigenvalue weighted by molar-refractivity contribution is 5.94. The van der Waals surface area contributed by atoms with E-state index in [-0.39, 0.29) is 5.92 Å². The molecule has 11 heavy (non-hydrogen) atoms. The lowest BCUT2D eigenvalue weighted by Gasteiger charge is -1.98. The Balaban J connectivity index is 2.53. The lowest BCUT2D eigenvalue weighted by Crippen LogP contribution is -1.95. The topological polar surface area (TPSA) is 29.4 Å². The number of benzene rings is 1. The zero-order valence-corrected chi connectivity index (χ0v) is 5.90.